The molecule has 2 N–H and O–H groups in total. The largest absolute Gasteiger partial charge is 0.494 e. The molecule has 0 aliphatic carbocycles. The molecular formula is C18H18FN3O5. The molecule has 142 valence electrons. The van der Waals surface area contributed by atoms with Crippen molar-refractivity contribution in [2.75, 3.05) is 13.2 Å². The van der Waals surface area contributed by atoms with Crippen LogP contribution in [0.25, 0.3) is 22.7 Å². The summed E-state index contributed by atoms with van der Waals surface area (Å²) in [6.45, 7) is 4.05. The van der Waals surface area contributed by atoms with Crippen molar-refractivity contribution in [3.63, 3.8) is 0 Å². The van der Waals surface area contributed by atoms with E-state index in [-0.39, 0.29) is 23.9 Å². The Labute approximate surface area is 153 Å². The SMILES string of the molecule is CCOc1ccc2nc(-c3ncc(OC[C@H](C)NC(=O)O)cc3F)oc2c1. The Morgan fingerprint density at radius 2 is 2.15 bits per heavy atom. The monoisotopic (exact) mass is 375 g/mol. The number of benzene rings is 1. The lowest BCUT2D eigenvalue weighted by Crippen LogP contribution is -2.35. The van der Waals surface area contributed by atoms with Crippen molar-refractivity contribution in [3.05, 3.63) is 36.3 Å². The molecule has 3 aromatic rings. The molecule has 2 heterocycles. The van der Waals surface area contributed by atoms with E-state index in [2.05, 4.69) is 15.3 Å². The second kappa shape index (κ2) is 7.90. The van der Waals surface area contributed by atoms with E-state index in [9.17, 15) is 9.18 Å². The van der Waals surface area contributed by atoms with Crippen LogP contribution in [0, 0.1) is 5.82 Å². The lowest BCUT2D eigenvalue weighted by molar-refractivity contribution is 0.183. The lowest BCUT2D eigenvalue weighted by atomic mass is 10.3. The smallest absolute Gasteiger partial charge is 0.404 e. The molecule has 8 nitrogen and oxygen atoms in total. The summed E-state index contributed by atoms with van der Waals surface area (Å²) in [5, 5.41) is 10.9. The van der Waals surface area contributed by atoms with E-state index < -0.39 is 18.0 Å². The van der Waals surface area contributed by atoms with Gasteiger partial charge in [-0.2, -0.15) is 0 Å². The Morgan fingerprint density at radius 1 is 1.33 bits per heavy atom. The second-order valence-corrected chi connectivity index (χ2v) is 5.74. The fourth-order valence-electron chi connectivity index (χ4n) is 2.39. The van der Waals surface area contributed by atoms with Crippen molar-refractivity contribution < 1.29 is 28.2 Å². The molecule has 0 radical (unpaired) electrons. The number of amides is 1. The van der Waals surface area contributed by atoms with Crippen molar-refractivity contribution in [3.8, 4) is 23.1 Å². The molecule has 0 aliphatic rings. The van der Waals surface area contributed by atoms with E-state index in [4.69, 9.17) is 19.0 Å². The average Bonchev–Trinajstić information content (AvgIpc) is 3.02. The summed E-state index contributed by atoms with van der Waals surface area (Å²) < 4.78 is 30.8. The number of carboxylic acid groups (broad SMARTS) is 1. The number of nitrogens with zero attached hydrogens (tertiary/aromatic N) is 2. The molecule has 1 atom stereocenters. The van der Waals surface area contributed by atoms with Crippen LogP contribution in [0.4, 0.5) is 9.18 Å². The van der Waals surface area contributed by atoms with Crippen molar-refractivity contribution in [1.29, 1.82) is 0 Å². The van der Waals surface area contributed by atoms with E-state index >= 15 is 0 Å². The molecule has 1 aromatic carbocycles. The van der Waals surface area contributed by atoms with Gasteiger partial charge < -0.3 is 24.3 Å². The van der Waals surface area contributed by atoms with Crippen LogP contribution >= 0.6 is 0 Å². The number of oxazole rings is 1. The molecule has 0 bridgehead atoms. The summed E-state index contributed by atoms with van der Waals surface area (Å²) in [4.78, 5) is 18.8. The molecule has 0 saturated heterocycles. The van der Waals surface area contributed by atoms with Crippen LogP contribution in [0.2, 0.25) is 0 Å². The highest BCUT2D eigenvalue weighted by molar-refractivity contribution is 5.77. The van der Waals surface area contributed by atoms with Crippen LogP contribution in [0.3, 0.4) is 0 Å². The third kappa shape index (κ3) is 4.43. The van der Waals surface area contributed by atoms with E-state index in [0.717, 1.165) is 6.07 Å². The number of hydrogen-bond acceptors (Lipinski definition) is 6. The van der Waals surface area contributed by atoms with E-state index in [1.807, 2.05) is 6.92 Å². The number of hydrogen-bond donors (Lipinski definition) is 2. The quantitative estimate of drug-likeness (QED) is 0.651. The first-order chi connectivity index (χ1) is 13.0. The van der Waals surface area contributed by atoms with Gasteiger partial charge in [-0.3, -0.25) is 0 Å². The number of nitrogens with one attached hydrogen (secondary N) is 1. The van der Waals surface area contributed by atoms with Crippen LogP contribution in [-0.2, 0) is 0 Å². The number of ether oxygens (including phenoxy) is 2. The zero-order chi connectivity index (χ0) is 19.4. The average molecular weight is 375 g/mol. The highest BCUT2D eigenvalue weighted by Gasteiger charge is 2.16. The van der Waals surface area contributed by atoms with Crippen molar-refractivity contribution in [2.45, 2.75) is 19.9 Å². The Morgan fingerprint density at radius 3 is 2.85 bits per heavy atom. The molecule has 0 spiro atoms. The van der Waals surface area contributed by atoms with Gasteiger partial charge in [0.05, 0.1) is 18.8 Å². The Hall–Kier alpha value is -3.36. The maximum absolute atomic E-state index is 14.4. The summed E-state index contributed by atoms with van der Waals surface area (Å²) >= 11 is 0. The van der Waals surface area contributed by atoms with Gasteiger partial charge in [-0.05, 0) is 26.0 Å². The minimum atomic E-state index is -1.16. The summed E-state index contributed by atoms with van der Waals surface area (Å²) in [7, 11) is 0. The standard InChI is InChI=1S/C18H18FN3O5/c1-3-25-11-4-5-14-15(7-11)27-17(22-14)16-13(19)6-12(8-20-16)26-9-10(2)21-18(23)24/h4-8,10,21H,3,9H2,1-2H3,(H,23,24)/t10-/m0/s1. The van der Waals surface area contributed by atoms with E-state index in [1.54, 1.807) is 25.1 Å². The number of rotatable bonds is 7. The highest BCUT2D eigenvalue weighted by atomic mass is 19.1. The van der Waals surface area contributed by atoms with Crippen LogP contribution in [0.1, 0.15) is 13.8 Å². The van der Waals surface area contributed by atoms with Crippen molar-refractivity contribution in [1.82, 2.24) is 15.3 Å². The highest BCUT2D eigenvalue weighted by Crippen LogP contribution is 2.28. The second-order valence-electron chi connectivity index (χ2n) is 5.74. The van der Waals surface area contributed by atoms with Crippen LogP contribution < -0.4 is 14.8 Å². The maximum atomic E-state index is 14.4. The molecular weight excluding hydrogens is 357 g/mol. The van der Waals surface area contributed by atoms with Crippen LogP contribution in [-0.4, -0.2) is 40.4 Å². The molecule has 2 aromatic heterocycles. The Balaban J connectivity index is 1.77. The van der Waals surface area contributed by atoms with Gasteiger partial charge in [-0.1, -0.05) is 0 Å². The fourth-order valence-corrected chi connectivity index (χ4v) is 2.39. The van der Waals surface area contributed by atoms with Crippen molar-refractivity contribution >= 4 is 17.2 Å². The number of halogens is 1. The molecule has 0 fully saturated rings. The molecule has 3 rings (SSSR count). The van der Waals surface area contributed by atoms with Gasteiger partial charge in [0.15, 0.2) is 17.1 Å². The van der Waals surface area contributed by atoms with Gasteiger partial charge in [-0.25, -0.2) is 19.2 Å². The van der Waals surface area contributed by atoms with Gasteiger partial charge in [0.1, 0.15) is 23.6 Å². The summed E-state index contributed by atoms with van der Waals surface area (Å²) in [6, 6.07) is 5.85. The predicted octanol–water partition coefficient (Wildman–Crippen LogP) is 3.46. The lowest BCUT2D eigenvalue weighted by Gasteiger charge is -2.12. The summed E-state index contributed by atoms with van der Waals surface area (Å²) in [6.07, 6.45) is 0.168. The summed E-state index contributed by atoms with van der Waals surface area (Å²) in [5.41, 5.74) is 0.975. The minimum absolute atomic E-state index is 0.0376. The molecule has 0 unspecified atom stereocenters. The summed E-state index contributed by atoms with van der Waals surface area (Å²) in [5.74, 6) is 0.186. The van der Waals surface area contributed by atoms with E-state index in [0.29, 0.717) is 23.5 Å². The first-order valence-electron chi connectivity index (χ1n) is 8.28. The topological polar surface area (TPSA) is 107 Å². The first kappa shape index (κ1) is 18.4. The van der Waals surface area contributed by atoms with Gasteiger partial charge in [-0.15, -0.1) is 0 Å². The molecule has 0 aliphatic heterocycles. The molecule has 9 heteroatoms. The van der Waals surface area contributed by atoms with Gasteiger partial charge in [0, 0.05) is 12.1 Å². The van der Waals surface area contributed by atoms with Gasteiger partial charge in [0.2, 0.25) is 5.89 Å². The van der Waals surface area contributed by atoms with Gasteiger partial charge in [0.25, 0.3) is 0 Å². The fraction of sp³-hybridized carbons (Fsp3) is 0.278. The van der Waals surface area contributed by atoms with E-state index in [1.165, 1.54) is 6.20 Å². The molecule has 0 saturated carbocycles. The molecule has 1 amide bonds. The zero-order valence-electron chi connectivity index (χ0n) is 14.7. The van der Waals surface area contributed by atoms with Crippen LogP contribution in [0.5, 0.6) is 11.5 Å². The predicted molar refractivity (Wildman–Crippen MR) is 94.5 cm³/mol. The maximum Gasteiger partial charge on any atom is 0.404 e. The number of pyridine rings is 1. The Bertz CT molecular complexity index is 959. The first-order valence-corrected chi connectivity index (χ1v) is 8.28. The normalized spacial score (nSPS) is 12.0. The molecule has 27 heavy (non-hydrogen) atoms. The number of fused-ring (bicyclic) bond motifs is 1. The number of aromatic nitrogens is 2. The Kier molecular flexibility index (Phi) is 5.39. The van der Waals surface area contributed by atoms with Crippen LogP contribution in [0.15, 0.2) is 34.9 Å². The zero-order valence-corrected chi connectivity index (χ0v) is 14.7. The number of carbonyl (C=O) groups is 1. The van der Waals surface area contributed by atoms with Gasteiger partial charge >= 0.3 is 6.09 Å². The van der Waals surface area contributed by atoms with Crippen molar-refractivity contribution in [2.24, 2.45) is 0 Å². The third-order valence-corrected chi connectivity index (χ3v) is 3.56. The minimum Gasteiger partial charge on any atom is -0.494 e. The third-order valence-electron chi connectivity index (χ3n) is 3.56.